The van der Waals surface area contributed by atoms with Crippen LogP contribution in [0, 0.1) is 5.92 Å². The second-order valence-electron chi connectivity index (χ2n) is 5.45. The lowest BCUT2D eigenvalue weighted by atomic mass is 10.2. The van der Waals surface area contributed by atoms with Gasteiger partial charge in [-0.25, -0.2) is 0 Å². The lowest BCUT2D eigenvalue weighted by Crippen LogP contribution is -2.15. The fraction of sp³-hybridized carbons (Fsp3) is 0.600. The molecule has 0 spiro atoms. The maximum Gasteiger partial charge on any atom is 0.0314 e. The average molecular weight is 328 g/mol. The highest BCUT2D eigenvalue weighted by Gasteiger charge is 2.19. The monoisotopic (exact) mass is 327 g/mol. The molecule has 3 heteroatoms. The number of halogens is 1. The Morgan fingerprint density at radius 3 is 2.78 bits per heavy atom. The summed E-state index contributed by atoms with van der Waals surface area (Å²) in [5.41, 5.74) is 1.38. The fourth-order valence-corrected chi connectivity index (χ4v) is 3.67. The van der Waals surface area contributed by atoms with Crippen LogP contribution in [0.2, 0.25) is 0 Å². The third kappa shape index (κ3) is 4.94. The molecule has 18 heavy (non-hydrogen) atoms. The van der Waals surface area contributed by atoms with Crippen molar-refractivity contribution in [1.82, 2.24) is 5.32 Å². The van der Waals surface area contributed by atoms with Crippen molar-refractivity contribution in [2.75, 3.05) is 5.75 Å². The number of hydrogen-bond acceptors (Lipinski definition) is 2. The Balaban J connectivity index is 1.83. The first-order valence-corrected chi connectivity index (χ1v) is 8.57. The van der Waals surface area contributed by atoms with Gasteiger partial charge in [0.25, 0.3) is 0 Å². The van der Waals surface area contributed by atoms with Gasteiger partial charge in [-0.2, -0.15) is 0 Å². The van der Waals surface area contributed by atoms with Crippen molar-refractivity contribution in [3.63, 3.8) is 0 Å². The van der Waals surface area contributed by atoms with E-state index in [9.17, 15) is 0 Å². The minimum atomic E-state index is 0.781. The van der Waals surface area contributed by atoms with Gasteiger partial charge in [0.05, 0.1) is 0 Å². The molecule has 1 nitrogen and oxygen atoms in total. The maximum absolute atomic E-state index is 3.69. The Morgan fingerprint density at radius 2 is 2.17 bits per heavy atom. The zero-order valence-corrected chi connectivity index (χ0v) is 13.6. The summed E-state index contributed by atoms with van der Waals surface area (Å²) in [7, 11) is 0. The van der Waals surface area contributed by atoms with E-state index in [4.69, 9.17) is 0 Å². The van der Waals surface area contributed by atoms with Crippen LogP contribution in [0.5, 0.6) is 0 Å². The summed E-state index contributed by atoms with van der Waals surface area (Å²) >= 11 is 5.64. The highest BCUT2D eigenvalue weighted by Crippen LogP contribution is 2.30. The first kappa shape index (κ1) is 14.4. The summed E-state index contributed by atoms with van der Waals surface area (Å²) in [5, 5.41) is 3.55. The van der Waals surface area contributed by atoms with E-state index in [-0.39, 0.29) is 0 Å². The summed E-state index contributed by atoms with van der Waals surface area (Å²) in [4.78, 5) is 1.37. The summed E-state index contributed by atoms with van der Waals surface area (Å²) in [5.74, 6) is 1.99. The van der Waals surface area contributed by atoms with Crippen LogP contribution in [-0.2, 0) is 6.54 Å². The van der Waals surface area contributed by atoms with E-state index in [0.717, 1.165) is 18.5 Å². The van der Waals surface area contributed by atoms with Gasteiger partial charge >= 0.3 is 0 Å². The predicted molar refractivity (Wildman–Crippen MR) is 84.2 cm³/mol. The molecule has 1 aromatic rings. The van der Waals surface area contributed by atoms with Crippen LogP contribution >= 0.6 is 27.7 Å². The minimum Gasteiger partial charge on any atom is -0.310 e. The molecule has 2 rings (SSSR count). The molecule has 0 aromatic heterocycles. The molecular formula is C15H22BrNS. The van der Waals surface area contributed by atoms with Crippen LogP contribution in [0.15, 0.2) is 27.6 Å². The number of nitrogens with one attached hydrogen (secondary N) is 1. The molecule has 1 aliphatic carbocycles. The van der Waals surface area contributed by atoms with E-state index in [1.807, 2.05) is 11.8 Å². The molecule has 1 aromatic carbocycles. The Morgan fingerprint density at radius 1 is 1.39 bits per heavy atom. The quantitative estimate of drug-likeness (QED) is 0.719. The Hall–Kier alpha value is 0.01000. The number of hydrogen-bond donors (Lipinski definition) is 1. The van der Waals surface area contributed by atoms with Gasteiger partial charge in [-0.1, -0.05) is 19.9 Å². The van der Waals surface area contributed by atoms with Crippen molar-refractivity contribution < 1.29 is 0 Å². The third-order valence-electron chi connectivity index (χ3n) is 3.12. The second kappa shape index (κ2) is 6.97. The fourth-order valence-electron chi connectivity index (χ4n) is 1.73. The minimum absolute atomic E-state index is 0.781. The van der Waals surface area contributed by atoms with Gasteiger partial charge in [0.2, 0.25) is 0 Å². The maximum atomic E-state index is 3.69. The smallest absolute Gasteiger partial charge is 0.0314 e. The molecule has 100 valence electrons. The van der Waals surface area contributed by atoms with E-state index in [1.165, 1.54) is 39.9 Å². The largest absolute Gasteiger partial charge is 0.310 e. The van der Waals surface area contributed by atoms with Crippen LogP contribution < -0.4 is 5.32 Å². The molecule has 1 fully saturated rings. The summed E-state index contributed by atoms with van der Waals surface area (Å²) < 4.78 is 1.24. The molecule has 0 bridgehead atoms. The first-order valence-electron chi connectivity index (χ1n) is 6.80. The summed E-state index contributed by atoms with van der Waals surface area (Å²) in [6.07, 6.45) is 3.98. The Labute approximate surface area is 123 Å². The molecular weight excluding hydrogens is 306 g/mol. The van der Waals surface area contributed by atoms with E-state index < -0.39 is 0 Å². The first-order chi connectivity index (χ1) is 8.65. The van der Waals surface area contributed by atoms with Crippen LogP contribution in [0.25, 0.3) is 0 Å². The van der Waals surface area contributed by atoms with Gasteiger partial charge in [0.1, 0.15) is 0 Å². The van der Waals surface area contributed by atoms with E-state index in [1.54, 1.807) is 0 Å². The highest BCUT2D eigenvalue weighted by atomic mass is 79.9. The van der Waals surface area contributed by atoms with Crippen molar-refractivity contribution >= 4 is 27.7 Å². The third-order valence-corrected chi connectivity index (χ3v) is 5.15. The zero-order chi connectivity index (χ0) is 13.0. The SMILES string of the molecule is CC(C)CCSc1ccc(CNC2CC2)cc1Br. The molecule has 0 amide bonds. The molecule has 0 atom stereocenters. The van der Waals surface area contributed by atoms with Gasteiger partial charge in [0, 0.05) is 22.0 Å². The normalized spacial score (nSPS) is 15.3. The van der Waals surface area contributed by atoms with Gasteiger partial charge < -0.3 is 5.32 Å². The number of thioether (sulfide) groups is 1. The Bertz CT molecular complexity index is 388. The van der Waals surface area contributed by atoms with Crippen molar-refractivity contribution in [1.29, 1.82) is 0 Å². The van der Waals surface area contributed by atoms with Crippen molar-refractivity contribution in [2.24, 2.45) is 5.92 Å². The van der Waals surface area contributed by atoms with Crippen LogP contribution in [0.1, 0.15) is 38.7 Å². The molecule has 1 N–H and O–H groups in total. The number of benzene rings is 1. The van der Waals surface area contributed by atoms with E-state index in [0.29, 0.717) is 0 Å². The van der Waals surface area contributed by atoms with Crippen molar-refractivity contribution in [3.8, 4) is 0 Å². The average Bonchev–Trinajstić information content (AvgIpc) is 3.12. The highest BCUT2D eigenvalue weighted by molar-refractivity contribution is 9.10. The molecule has 0 unspecified atom stereocenters. The van der Waals surface area contributed by atoms with Crippen molar-refractivity contribution in [3.05, 3.63) is 28.2 Å². The second-order valence-corrected chi connectivity index (χ2v) is 7.44. The van der Waals surface area contributed by atoms with Crippen LogP contribution in [0.3, 0.4) is 0 Å². The number of rotatable bonds is 7. The molecule has 0 radical (unpaired) electrons. The van der Waals surface area contributed by atoms with Gasteiger partial charge in [0.15, 0.2) is 0 Å². The topological polar surface area (TPSA) is 12.0 Å². The molecule has 0 saturated heterocycles. The van der Waals surface area contributed by atoms with Crippen molar-refractivity contribution in [2.45, 2.75) is 50.6 Å². The molecule has 1 saturated carbocycles. The van der Waals surface area contributed by atoms with Crippen LogP contribution in [-0.4, -0.2) is 11.8 Å². The zero-order valence-electron chi connectivity index (χ0n) is 11.2. The summed E-state index contributed by atoms with van der Waals surface area (Å²) in [6, 6.07) is 7.54. The summed E-state index contributed by atoms with van der Waals surface area (Å²) in [6.45, 7) is 5.56. The lowest BCUT2D eigenvalue weighted by Gasteiger charge is -2.09. The van der Waals surface area contributed by atoms with Gasteiger partial charge in [-0.15, -0.1) is 11.8 Å². The Kier molecular flexibility index (Phi) is 5.58. The van der Waals surface area contributed by atoms with E-state index in [2.05, 4.69) is 53.3 Å². The standard InChI is InChI=1S/C15H22BrNS/c1-11(2)7-8-18-15-6-3-12(9-14(15)16)10-17-13-4-5-13/h3,6,9,11,13,17H,4-5,7-8,10H2,1-2H3. The van der Waals surface area contributed by atoms with Gasteiger partial charge in [-0.05, 0) is 64.6 Å². The molecule has 1 aliphatic rings. The lowest BCUT2D eigenvalue weighted by molar-refractivity contribution is 0.632. The molecule has 0 heterocycles. The predicted octanol–water partition coefficient (Wildman–Crippen LogP) is 4.84. The van der Waals surface area contributed by atoms with E-state index >= 15 is 0 Å². The molecule has 0 aliphatic heterocycles. The van der Waals surface area contributed by atoms with Crippen LogP contribution in [0.4, 0.5) is 0 Å². The van der Waals surface area contributed by atoms with Gasteiger partial charge in [-0.3, -0.25) is 0 Å².